The molecule has 0 radical (unpaired) electrons. The summed E-state index contributed by atoms with van der Waals surface area (Å²) in [5.74, 6) is 0. The Morgan fingerprint density at radius 2 is 1.23 bits per heavy atom. The average molecular weight is 298 g/mol. The van der Waals surface area contributed by atoms with Crippen molar-refractivity contribution in [2.75, 3.05) is 33.2 Å². The van der Waals surface area contributed by atoms with Gasteiger partial charge < -0.3 is 0 Å². The fourth-order valence-electron chi connectivity index (χ4n) is 1.93. The molecule has 0 unspecified atom stereocenters. The minimum Gasteiger partial charge on any atom is -0.299 e. The van der Waals surface area contributed by atoms with Crippen molar-refractivity contribution in [3.63, 3.8) is 0 Å². The lowest BCUT2D eigenvalue weighted by atomic mass is 10.2. The molecule has 0 saturated heterocycles. The lowest BCUT2D eigenvalue weighted by molar-refractivity contribution is 0.328. The molecule has 0 atom stereocenters. The molecule has 0 aliphatic heterocycles. The van der Waals surface area contributed by atoms with Crippen molar-refractivity contribution in [1.82, 2.24) is 9.80 Å². The summed E-state index contributed by atoms with van der Waals surface area (Å²) in [7, 11) is 2.03. The molecule has 0 bridgehead atoms. The fourth-order valence-corrected chi connectivity index (χ4v) is 1.93. The van der Waals surface area contributed by atoms with Gasteiger partial charge in [0.25, 0.3) is 0 Å². The topological polar surface area (TPSA) is 6.48 Å². The standard InChI is InChI=1S/C13H17N.C7H13N/c1-3-10-14(11-4-2)12-13-8-6-5-7-9-13;1-4-6-8(3)7-5-2/h3-9H,1-2,10-12H2;4-5H,1-2,6-7H2,3H3. The van der Waals surface area contributed by atoms with Crippen LogP contribution in [0.5, 0.6) is 0 Å². The second-order valence-electron chi connectivity index (χ2n) is 5.06. The molecule has 120 valence electrons. The van der Waals surface area contributed by atoms with Gasteiger partial charge in [-0.05, 0) is 12.6 Å². The zero-order valence-electron chi connectivity index (χ0n) is 14.0. The van der Waals surface area contributed by atoms with Crippen molar-refractivity contribution >= 4 is 0 Å². The van der Waals surface area contributed by atoms with E-state index < -0.39 is 0 Å². The van der Waals surface area contributed by atoms with E-state index in [2.05, 4.69) is 60.4 Å². The van der Waals surface area contributed by atoms with Gasteiger partial charge in [-0.15, -0.1) is 26.3 Å². The molecule has 1 aromatic carbocycles. The number of hydrogen-bond acceptors (Lipinski definition) is 2. The van der Waals surface area contributed by atoms with Crippen LogP contribution in [0.25, 0.3) is 0 Å². The zero-order chi connectivity index (χ0) is 16.6. The van der Waals surface area contributed by atoms with E-state index >= 15 is 0 Å². The molecule has 0 aliphatic rings. The van der Waals surface area contributed by atoms with Crippen molar-refractivity contribution in [3.05, 3.63) is 86.5 Å². The third-order valence-electron chi connectivity index (χ3n) is 2.91. The van der Waals surface area contributed by atoms with Gasteiger partial charge in [0.15, 0.2) is 0 Å². The molecule has 0 N–H and O–H groups in total. The molecule has 0 fully saturated rings. The Bertz CT molecular complexity index is 403. The largest absolute Gasteiger partial charge is 0.299 e. The predicted molar refractivity (Wildman–Crippen MR) is 100 cm³/mol. The van der Waals surface area contributed by atoms with Crippen LogP contribution in [0.4, 0.5) is 0 Å². The molecule has 0 amide bonds. The average Bonchev–Trinajstić information content (AvgIpc) is 2.50. The van der Waals surface area contributed by atoms with Gasteiger partial charge in [0.1, 0.15) is 0 Å². The summed E-state index contributed by atoms with van der Waals surface area (Å²) < 4.78 is 0. The minimum atomic E-state index is 0.904. The summed E-state index contributed by atoms with van der Waals surface area (Å²) in [6.45, 7) is 19.3. The maximum Gasteiger partial charge on any atom is 0.0240 e. The number of rotatable bonds is 10. The van der Waals surface area contributed by atoms with Gasteiger partial charge in [0.2, 0.25) is 0 Å². The number of likely N-dealkylation sites (N-methyl/N-ethyl adjacent to an activating group) is 1. The van der Waals surface area contributed by atoms with Crippen LogP contribution < -0.4 is 0 Å². The molecule has 0 aliphatic carbocycles. The van der Waals surface area contributed by atoms with Crippen LogP contribution in [0, 0.1) is 0 Å². The molecular weight excluding hydrogens is 268 g/mol. The van der Waals surface area contributed by atoms with E-state index in [1.54, 1.807) is 0 Å². The molecule has 0 saturated carbocycles. The van der Waals surface area contributed by atoms with E-state index in [9.17, 15) is 0 Å². The molecule has 1 aromatic rings. The molecule has 0 aromatic heterocycles. The van der Waals surface area contributed by atoms with Crippen LogP contribution in [-0.4, -0.2) is 43.0 Å². The van der Waals surface area contributed by atoms with E-state index in [0.717, 1.165) is 32.7 Å². The van der Waals surface area contributed by atoms with Crippen molar-refractivity contribution < 1.29 is 0 Å². The molecule has 22 heavy (non-hydrogen) atoms. The van der Waals surface area contributed by atoms with Gasteiger partial charge in [-0.2, -0.15) is 0 Å². The Labute approximate surface area is 136 Å². The highest BCUT2D eigenvalue weighted by Crippen LogP contribution is 2.03. The Morgan fingerprint density at radius 1 is 0.773 bits per heavy atom. The first-order valence-electron chi connectivity index (χ1n) is 7.56. The van der Waals surface area contributed by atoms with Gasteiger partial charge in [0.05, 0.1) is 0 Å². The Kier molecular flexibility index (Phi) is 12.8. The van der Waals surface area contributed by atoms with Crippen molar-refractivity contribution in [1.29, 1.82) is 0 Å². The molecule has 2 heteroatoms. The summed E-state index contributed by atoms with van der Waals surface area (Å²) in [4.78, 5) is 4.41. The molecular formula is C20H30N2. The first-order chi connectivity index (χ1) is 10.7. The molecule has 0 heterocycles. The van der Waals surface area contributed by atoms with E-state index in [0.29, 0.717) is 0 Å². The van der Waals surface area contributed by atoms with Crippen molar-refractivity contribution in [2.45, 2.75) is 6.54 Å². The predicted octanol–water partition coefficient (Wildman–Crippen LogP) is 4.15. The monoisotopic (exact) mass is 298 g/mol. The van der Waals surface area contributed by atoms with Crippen LogP contribution in [0.1, 0.15) is 5.56 Å². The van der Waals surface area contributed by atoms with Gasteiger partial charge >= 0.3 is 0 Å². The van der Waals surface area contributed by atoms with Crippen molar-refractivity contribution in [3.8, 4) is 0 Å². The summed E-state index contributed by atoms with van der Waals surface area (Å²) in [5.41, 5.74) is 1.33. The quantitative estimate of drug-likeness (QED) is 0.599. The van der Waals surface area contributed by atoms with Crippen LogP contribution in [0.15, 0.2) is 81.0 Å². The van der Waals surface area contributed by atoms with Gasteiger partial charge in [-0.1, -0.05) is 54.6 Å². The van der Waals surface area contributed by atoms with Crippen molar-refractivity contribution in [2.24, 2.45) is 0 Å². The van der Waals surface area contributed by atoms with E-state index in [4.69, 9.17) is 0 Å². The van der Waals surface area contributed by atoms with E-state index in [1.807, 2.05) is 37.4 Å². The lowest BCUT2D eigenvalue weighted by Crippen LogP contribution is -2.23. The molecule has 0 spiro atoms. The molecule has 2 nitrogen and oxygen atoms in total. The highest BCUT2D eigenvalue weighted by atomic mass is 15.1. The van der Waals surface area contributed by atoms with Gasteiger partial charge in [-0.25, -0.2) is 0 Å². The minimum absolute atomic E-state index is 0.904. The van der Waals surface area contributed by atoms with Crippen LogP contribution in [-0.2, 0) is 6.54 Å². The first kappa shape index (κ1) is 20.1. The fraction of sp³-hybridized carbons (Fsp3) is 0.300. The normalized spacial score (nSPS) is 9.77. The molecule has 1 rings (SSSR count). The van der Waals surface area contributed by atoms with E-state index in [-0.39, 0.29) is 0 Å². The van der Waals surface area contributed by atoms with Crippen LogP contribution in [0.3, 0.4) is 0 Å². The number of hydrogen-bond donors (Lipinski definition) is 0. The Hall–Kier alpha value is -1.90. The SMILES string of the molecule is C=CCN(C)CC=C.C=CCN(CC=C)Cc1ccccc1. The summed E-state index contributed by atoms with van der Waals surface area (Å²) in [6, 6.07) is 10.4. The summed E-state index contributed by atoms with van der Waals surface area (Å²) in [5, 5.41) is 0. The van der Waals surface area contributed by atoms with Gasteiger partial charge in [0, 0.05) is 32.7 Å². The Morgan fingerprint density at radius 3 is 1.64 bits per heavy atom. The third-order valence-corrected chi connectivity index (χ3v) is 2.91. The third kappa shape index (κ3) is 10.8. The second-order valence-corrected chi connectivity index (χ2v) is 5.06. The maximum absolute atomic E-state index is 3.75. The Balaban J connectivity index is 0.000000472. The van der Waals surface area contributed by atoms with Gasteiger partial charge in [-0.3, -0.25) is 9.80 Å². The van der Waals surface area contributed by atoms with E-state index in [1.165, 1.54) is 5.56 Å². The number of nitrogens with zero attached hydrogens (tertiary/aromatic N) is 2. The highest BCUT2D eigenvalue weighted by Gasteiger charge is 2.00. The summed E-state index contributed by atoms with van der Waals surface area (Å²) in [6.07, 6.45) is 7.60. The smallest absolute Gasteiger partial charge is 0.0240 e. The maximum atomic E-state index is 3.75. The first-order valence-corrected chi connectivity index (χ1v) is 7.56. The van der Waals surface area contributed by atoms with Crippen LogP contribution in [0.2, 0.25) is 0 Å². The number of benzene rings is 1. The summed E-state index contributed by atoms with van der Waals surface area (Å²) >= 11 is 0. The zero-order valence-corrected chi connectivity index (χ0v) is 14.0. The van der Waals surface area contributed by atoms with Crippen LogP contribution >= 0.6 is 0 Å². The highest BCUT2D eigenvalue weighted by molar-refractivity contribution is 5.14. The second kappa shape index (κ2) is 14.1. The lowest BCUT2D eigenvalue weighted by Gasteiger charge is -2.18.